The van der Waals surface area contributed by atoms with Gasteiger partial charge in [-0.2, -0.15) is 5.26 Å². The second-order valence-electron chi connectivity index (χ2n) is 4.08. The van der Waals surface area contributed by atoms with E-state index in [2.05, 4.69) is 17.3 Å². The van der Waals surface area contributed by atoms with Crippen LogP contribution in [0.3, 0.4) is 0 Å². The molecule has 0 spiro atoms. The Morgan fingerprint density at radius 3 is 2.73 bits per heavy atom. The Hall–Kier alpha value is -1.71. The van der Waals surface area contributed by atoms with E-state index in [4.69, 9.17) is 11.7 Å². The van der Waals surface area contributed by atoms with Gasteiger partial charge >= 0.3 is 0 Å². The van der Waals surface area contributed by atoms with Crippen LogP contribution in [0.4, 0.5) is 0 Å². The quantitative estimate of drug-likeness (QED) is 0.751. The summed E-state index contributed by atoms with van der Waals surface area (Å²) in [5, 5.41) is 12.0. The lowest BCUT2D eigenvalue weighted by Crippen LogP contribution is -2.36. The fourth-order valence-electron chi connectivity index (χ4n) is 1.21. The summed E-state index contributed by atoms with van der Waals surface area (Å²) >= 11 is 0. The molecule has 1 N–H and O–H groups in total. The maximum absolute atomic E-state index is 8.78. The molecule has 1 aromatic heterocycles. The van der Waals surface area contributed by atoms with Crippen LogP contribution in [0.1, 0.15) is 25.1 Å². The molecule has 0 aromatic carbocycles. The highest BCUT2D eigenvalue weighted by atomic mass is 15.0. The number of hydrogen-bond acceptors (Lipinski definition) is 2. The molecule has 3 heteroatoms. The second-order valence-corrected chi connectivity index (χ2v) is 4.08. The molecule has 1 aromatic rings. The molecule has 0 saturated heterocycles. The summed E-state index contributed by atoms with van der Waals surface area (Å²) in [7, 11) is 1.86. The highest BCUT2D eigenvalue weighted by molar-refractivity contribution is 5.28. The van der Waals surface area contributed by atoms with E-state index in [1.54, 1.807) is 4.57 Å². The molecule has 0 aliphatic carbocycles. The van der Waals surface area contributed by atoms with E-state index in [1.165, 1.54) is 0 Å². The van der Waals surface area contributed by atoms with Crippen molar-refractivity contribution in [2.75, 3.05) is 0 Å². The SMILES string of the molecule is C#CC(C)(C)NCc1cc(C#N)n(C)c1. The monoisotopic (exact) mass is 201 g/mol. The van der Waals surface area contributed by atoms with Gasteiger partial charge in [-0.25, -0.2) is 0 Å². The molecule has 0 aliphatic heterocycles. The standard InChI is InChI=1S/C12H15N3/c1-5-12(2,3)14-8-10-6-11(7-13)15(4)9-10/h1,6,9,14H,8H2,2-4H3. The number of aryl methyl sites for hydroxylation is 1. The Kier molecular flexibility index (Phi) is 3.19. The molecule has 0 atom stereocenters. The van der Waals surface area contributed by atoms with E-state index in [-0.39, 0.29) is 5.54 Å². The number of nitriles is 1. The van der Waals surface area contributed by atoms with Crippen molar-refractivity contribution in [1.29, 1.82) is 5.26 Å². The maximum atomic E-state index is 8.78. The van der Waals surface area contributed by atoms with Crippen LogP contribution in [0.5, 0.6) is 0 Å². The number of nitrogens with zero attached hydrogens (tertiary/aromatic N) is 2. The van der Waals surface area contributed by atoms with Gasteiger partial charge in [-0.15, -0.1) is 6.42 Å². The number of rotatable bonds is 3. The van der Waals surface area contributed by atoms with Crippen molar-refractivity contribution >= 4 is 0 Å². The van der Waals surface area contributed by atoms with Gasteiger partial charge in [0.05, 0.1) is 5.54 Å². The van der Waals surface area contributed by atoms with Gasteiger partial charge in [0, 0.05) is 19.8 Å². The maximum Gasteiger partial charge on any atom is 0.120 e. The number of nitrogens with one attached hydrogen (secondary N) is 1. The van der Waals surface area contributed by atoms with Crippen molar-refractivity contribution in [3.05, 3.63) is 23.5 Å². The van der Waals surface area contributed by atoms with Gasteiger partial charge < -0.3 is 4.57 Å². The lowest BCUT2D eigenvalue weighted by atomic mass is 10.1. The first-order chi connectivity index (χ1) is 6.98. The average molecular weight is 201 g/mol. The van der Waals surface area contributed by atoms with Crippen molar-refractivity contribution in [2.24, 2.45) is 7.05 Å². The molecule has 15 heavy (non-hydrogen) atoms. The van der Waals surface area contributed by atoms with Crippen LogP contribution < -0.4 is 5.32 Å². The summed E-state index contributed by atoms with van der Waals surface area (Å²) in [5.41, 5.74) is 1.41. The summed E-state index contributed by atoms with van der Waals surface area (Å²) < 4.78 is 1.81. The molecule has 3 nitrogen and oxygen atoms in total. The van der Waals surface area contributed by atoms with Gasteiger partial charge in [0.25, 0.3) is 0 Å². The van der Waals surface area contributed by atoms with Gasteiger partial charge in [0.15, 0.2) is 0 Å². The van der Waals surface area contributed by atoms with Crippen molar-refractivity contribution in [2.45, 2.75) is 25.9 Å². The molecular weight excluding hydrogens is 186 g/mol. The van der Waals surface area contributed by atoms with E-state index in [0.717, 1.165) is 5.56 Å². The summed E-state index contributed by atoms with van der Waals surface area (Å²) in [4.78, 5) is 0. The second kappa shape index (κ2) is 4.21. The first kappa shape index (κ1) is 11.4. The fraction of sp³-hybridized carbons (Fsp3) is 0.417. The van der Waals surface area contributed by atoms with E-state index in [1.807, 2.05) is 33.2 Å². The van der Waals surface area contributed by atoms with Crippen molar-refractivity contribution in [3.8, 4) is 18.4 Å². The van der Waals surface area contributed by atoms with Crippen LogP contribution in [0.25, 0.3) is 0 Å². The molecule has 0 bridgehead atoms. The first-order valence-corrected chi connectivity index (χ1v) is 4.76. The predicted molar refractivity (Wildman–Crippen MR) is 59.9 cm³/mol. The molecule has 1 rings (SSSR count). The average Bonchev–Trinajstić information content (AvgIpc) is 2.56. The largest absolute Gasteiger partial charge is 0.342 e. The summed E-state index contributed by atoms with van der Waals surface area (Å²) in [6, 6.07) is 3.98. The highest BCUT2D eigenvalue weighted by Gasteiger charge is 2.12. The van der Waals surface area contributed by atoms with Gasteiger partial charge in [0.1, 0.15) is 11.8 Å². The lowest BCUT2D eigenvalue weighted by molar-refractivity contribution is 0.491. The zero-order chi connectivity index (χ0) is 11.5. The topological polar surface area (TPSA) is 40.8 Å². The lowest BCUT2D eigenvalue weighted by Gasteiger charge is -2.18. The minimum Gasteiger partial charge on any atom is -0.342 e. The molecule has 0 aliphatic rings. The molecule has 0 unspecified atom stereocenters. The fourth-order valence-corrected chi connectivity index (χ4v) is 1.21. The molecule has 78 valence electrons. The highest BCUT2D eigenvalue weighted by Crippen LogP contribution is 2.08. The van der Waals surface area contributed by atoms with Gasteiger partial charge in [-0.05, 0) is 25.5 Å². The van der Waals surface area contributed by atoms with E-state index >= 15 is 0 Å². The molecule has 0 radical (unpaired) electrons. The number of hydrogen-bond donors (Lipinski definition) is 1. The zero-order valence-electron chi connectivity index (χ0n) is 9.33. The summed E-state index contributed by atoms with van der Waals surface area (Å²) in [6.45, 7) is 4.56. The van der Waals surface area contributed by atoms with Crippen molar-refractivity contribution in [1.82, 2.24) is 9.88 Å². The molecule has 0 fully saturated rings. The minimum absolute atomic E-state index is 0.317. The Morgan fingerprint density at radius 2 is 2.27 bits per heavy atom. The van der Waals surface area contributed by atoms with E-state index < -0.39 is 0 Å². The Morgan fingerprint density at radius 1 is 1.60 bits per heavy atom. The first-order valence-electron chi connectivity index (χ1n) is 4.76. The minimum atomic E-state index is -0.317. The molecule has 0 amide bonds. The number of terminal acetylenes is 1. The van der Waals surface area contributed by atoms with Crippen molar-refractivity contribution in [3.63, 3.8) is 0 Å². The summed E-state index contributed by atoms with van der Waals surface area (Å²) in [6.07, 6.45) is 7.29. The van der Waals surface area contributed by atoms with Crippen LogP contribution in [-0.2, 0) is 13.6 Å². The summed E-state index contributed by atoms with van der Waals surface area (Å²) in [5.74, 6) is 2.66. The van der Waals surface area contributed by atoms with Crippen LogP contribution >= 0.6 is 0 Å². The molecular formula is C12H15N3. The zero-order valence-corrected chi connectivity index (χ0v) is 9.33. The van der Waals surface area contributed by atoms with Crippen molar-refractivity contribution < 1.29 is 0 Å². The van der Waals surface area contributed by atoms with Crippen LogP contribution in [-0.4, -0.2) is 10.1 Å². The number of aromatic nitrogens is 1. The van der Waals surface area contributed by atoms with Crippen LogP contribution in [0, 0.1) is 23.7 Å². The Balaban J connectivity index is 2.68. The predicted octanol–water partition coefficient (Wildman–Crippen LogP) is 1.40. The van der Waals surface area contributed by atoms with E-state index in [9.17, 15) is 0 Å². The third kappa shape index (κ3) is 2.87. The van der Waals surface area contributed by atoms with Gasteiger partial charge in [-0.3, -0.25) is 5.32 Å². The normalized spacial score (nSPS) is 10.7. The molecule has 1 heterocycles. The third-order valence-electron chi connectivity index (χ3n) is 2.27. The van der Waals surface area contributed by atoms with Gasteiger partial charge in [-0.1, -0.05) is 5.92 Å². The van der Waals surface area contributed by atoms with Crippen LogP contribution in [0.15, 0.2) is 12.3 Å². The Bertz CT molecular complexity index is 427. The van der Waals surface area contributed by atoms with E-state index in [0.29, 0.717) is 12.2 Å². The van der Waals surface area contributed by atoms with Crippen LogP contribution in [0.2, 0.25) is 0 Å². The Labute approximate surface area is 90.7 Å². The molecule has 0 saturated carbocycles. The third-order valence-corrected chi connectivity index (χ3v) is 2.27. The smallest absolute Gasteiger partial charge is 0.120 e. The van der Waals surface area contributed by atoms with Gasteiger partial charge in [0.2, 0.25) is 0 Å².